The molecule has 4 aromatic rings. The van der Waals surface area contributed by atoms with Crippen molar-refractivity contribution in [3.8, 4) is 17.3 Å². The van der Waals surface area contributed by atoms with Gasteiger partial charge in [-0.2, -0.15) is 10.4 Å². The van der Waals surface area contributed by atoms with Crippen molar-refractivity contribution in [1.82, 2.24) is 14.8 Å². The maximum atomic E-state index is 8.98. The largest absolute Gasteiger partial charge is 0.272 e. The molecule has 138 valence electrons. The van der Waals surface area contributed by atoms with Crippen LogP contribution in [0.1, 0.15) is 24.1 Å². The van der Waals surface area contributed by atoms with Gasteiger partial charge in [-0.3, -0.25) is 9.67 Å². The van der Waals surface area contributed by atoms with Crippen LogP contribution < -0.4 is 0 Å². The number of hydrogen-bond donors (Lipinski definition) is 0. The van der Waals surface area contributed by atoms with Crippen molar-refractivity contribution < 1.29 is 0 Å². The molecule has 0 amide bonds. The van der Waals surface area contributed by atoms with E-state index in [1.54, 1.807) is 12.1 Å². The van der Waals surface area contributed by atoms with E-state index in [0.717, 1.165) is 42.8 Å². The zero-order valence-electron chi connectivity index (χ0n) is 15.3. The Morgan fingerprint density at radius 2 is 1.86 bits per heavy atom. The van der Waals surface area contributed by atoms with E-state index in [1.807, 2.05) is 35.3 Å². The number of hydrogen-bond acceptors (Lipinski definition) is 3. The SMILES string of the molecule is N#Cc1ccc(-c2ccn(CCCCc3cc4ccccc4cn3)n2)cc1Cl. The number of benzene rings is 2. The van der Waals surface area contributed by atoms with E-state index in [4.69, 9.17) is 16.9 Å². The highest BCUT2D eigenvalue weighted by molar-refractivity contribution is 6.32. The molecule has 2 heterocycles. The van der Waals surface area contributed by atoms with E-state index in [0.29, 0.717) is 10.6 Å². The van der Waals surface area contributed by atoms with Crippen LogP contribution in [0.15, 0.2) is 67.0 Å². The zero-order chi connectivity index (χ0) is 19.3. The monoisotopic (exact) mass is 386 g/mol. The minimum atomic E-state index is 0.456. The maximum absolute atomic E-state index is 8.98. The van der Waals surface area contributed by atoms with E-state index in [2.05, 4.69) is 40.4 Å². The van der Waals surface area contributed by atoms with Crippen molar-refractivity contribution in [1.29, 1.82) is 5.26 Å². The number of fused-ring (bicyclic) bond motifs is 1. The van der Waals surface area contributed by atoms with Crippen LogP contribution in [0.2, 0.25) is 5.02 Å². The summed E-state index contributed by atoms with van der Waals surface area (Å²) < 4.78 is 1.95. The number of nitriles is 1. The van der Waals surface area contributed by atoms with Gasteiger partial charge in [-0.05, 0) is 48.9 Å². The van der Waals surface area contributed by atoms with Gasteiger partial charge < -0.3 is 0 Å². The second-order valence-electron chi connectivity index (χ2n) is 6.75. The van der Waals surface area contributed by atoms with E-state index in [-0.39, 0.29) is 0 Å². The van der Waals surface area contributed by atoms with Gasteiger partial charge in [0.2, 0.25) is 0 Å². The minimum absolute atomic E-state index is 0.456. The molecular weight excluding hydrogens is 368 g/mol. The van der Waals surface area contributed by atoms with E-state index in [9.17, 15) is 0 Å². The lowest BCUT2D eigenvalue weighted by molar-refractivity contribution is 0.557. The lowest BCUT2D eigenvalue weighted by atomic mass is 10.1. The van der Waals surface area contributed by atoms with Gasteiger partial charge in [0.15, 0.2) is 0 Å². The fraction of sp³-hybridized carbons (Fsp3) is 0.174. The van der Waals surface area contributed by atoms with Crippen LogP contribution in [0.5, 0.6) is 0 Å². The van der Waals surface area contributed by atoms with Crippen LogP contribution in [-0.2, 0) is 13.0 Å². The molecular formula is C23H19ClN4. The molecule has 0 N–H and O–H groups in total. The molecule has 5 heteroatoms. The van der Waals surface area contributed by atoms with Gasteiger partial charge in [0.05, 0.1) is 16.3 Å². The number of unbranched alkanes of at least 4 members (excludes halogenated alkanes) is 1. The van der Waals surface area contributed by atoms with Gasteiger partial charge in [-0.1, -0.05) is 41.9 Å². The molecule has 28 heavy (non-hydrogen) atoms. The Hall–Kier alpha value is -3.16. The summed E-state index contributed by atoms with van der Waals surface area (Å²) >= 11 is 6.12. The summed E-state index contributed by atoms with van der Waals surface area (Å²) in [6.45, 7) is 0.859. The Bertz CT molecular complexity index is 1160. The molecule has 4 nitrogen and oxygen atoms in total. The highest BCUT2D eigenvalue weighted by atomic mass is 35.5. The molecule has 0 radical (unpaired) electrons. The first-order valence-electron chi connectivity index (χ1n) is 9.30. The van der Waals surface area contributed by atoms with Crippen LogP contribution in [0.4, 0.5) is 0 Å². The summed E-state index contributed by atoms with van der Waals surface area (Å²) in [7, 11) is 0. The lowest BCUT2D eigenvalue weighted by Gasteiger charge is -2.04. The summed E-state index contributed by atoms with van der Waals surface area (Å²) in [5.41, 5.74) is 3.39. The zero-order valence-corrected chi connectivity index (χ0v) is 16.1. The molecule has 0 saturated carbocycles. The third-order valence-corrected chi connectivity index (χ3v) is 5.10. The van der Waals surface area contributed by atoms with Gasteiger partial charge in [-0.25, -0.2) is 0 Å². The summed E-state index contributed by atoms with van der Waals surface area (Å²) in [6.07, 6.45) is 6.99. The fourth-order valence-corrected chi connectivity index (χ4v) is 3.47. The average molecular weight is 387 g/mol. The molecule has 2 aromatic carbocycles. The van der Waals surface area contributed by atoms with Crippen molar-refractivity contribution in [3.05, 3.63) is 83.3 Å². The normalized spacial score (nSPS) is 10.9. The second kappa shape index (κ2) is 8.24. The summed E-state index contributed by atoms with van der Waals surface area (Å²) in [5, 5.41) is 16.5. The average Bonchev–Trinajstić information content (AvgIpc) is 3.20. The van der Waals surface area contributed by atoms with Crippen molar-refractivity contribution in [2.45, 2.75) is 25.8 Å². The van der Waals surface area contributed by atoms with Crippen molar-refractivity contribution in [2.75, 3.05) is 0 Å². The molecule has 0 bridgehead atoms. The highest BCUT2D eigenvalue weighted by Crippen LogP contribution is 2.24. The summed E-state index contributed by atoms with van der Waals surface area (Å²) in [6, 6.07) is 19.9. The number of nitrogens with zero attached hydrogens (tertiary/aromatic N) is 4. The number of aromatic nitrogens is 3. The summed E-state index contributed by atoms with van der Waals surface area (Å²) in [5.74, 6) is 0. The van der Waals surface area contributed by atoms with Gasteiger partial charge in [0.25, 0.3) is 0 Å². The third-order valence-electron chi connectivity index (χ3n) is 4.78. The van der Waals surface area contributed by atoms with E-state index < -0.39 is 0 Å². The standard InChI is InChI=1S/C23H19ClN4/c24-22-14-18(8-9-19(22)15-25)23-10-12-28(27-23)11-4-3-7-21-13-17-5-1-2-6-20(17)16-26-21/h1-2,5-6,8-10,12-14,16H,3-4,7,11H2. The van der Waals surface area contributed by atoms with Crippen LogP contribution in [0.3, 0.4) is 0 Å². The van der Waals surface area contributed by atoms with E-state index in [1.165, 1.54) is 10.8 Å². The Kier molecular flexibility index (Phi) is 5.36. The van der Waals surface area contributed by atoms with Crippen LogP contribution in [-0.4, -0.2) is 14.8 Å². The fourth-order valence-electron chi connectivity index (χ4n) is 3.25. The van der Waals surface area contributed by atoms with Crippen molar-refractivity contribution in [3.63, 3.8) is 0 Å². The van der Waals surface area contributed by atoms with Crippen molar-refractivity contribution >= 4 is 22.4 Å². The maximum Gasteiger partial charge on any atom is 0.101 e. The molecule has 0 spiro atoms. The molecule has 4 rings (SSSR count). The Labute approximate surface area is 169 Å². The highest BCUT2D eigenvalue weighted by Gasteiger charge is 2.06. The topological polar surface area (TPSA) is 54.5 Å². The third kappa shape index (κ3) is 4.05. The predicted molar refractivity (Wildman–Crippen MR) is 112 cm³/mol. The number of rotatable bonds is 6. The first-order valence-corrected chi connectivity index (χ1v) is 9.68. The molecule has 0 fully saturated rings. The van der Waals surface area contributed by atoms with Crippen LogP contribution in [0, 0.1) is 11.3 Å². The molecule has 0 aliphatic carbocycles. The van der Waals surface area contributed by atoms with Crippen molar-refractivity contribution in [2.24, 2.45) is 0 Å². The minimum Gasteiger partial charge on any atom is -0.272 e. The molecule has 0 aliphatic heterocycles. The smallest absolute Gasteiger partial charge is 0.101 e. The first kappa shape index (κ1) is 18.2. The number of halogens is 1. The van der Waals surface area contributed by atoms with Crippen LogP contribution in [0.25, 0.3) is 22.0 Å². The Morgan fingerprint density at radius 3 is 2.68 bits per heavy atom. The van der Waals surface area contributed by atoms with Crippen LogP contribution >= 0.6 is 11.6 Å². The molecule has 0 aliphatic rings. The molecule has 2 aromatic heterocycles. The van der Waals surface area contributed by atoms with Gasteiger partial charge in [-0.15, -0.1) is 0 Å². The molecule has 0 atom stereocenters. The Morgan fingerprint density at radius 1 is 1.00 bits per heavy atom. The van der Waals surface area contributed by atoms with Gasteiger partial charge in [0.1, 0.15) is 6.07 Å². The van der Waals surface area contributed by atoms with Gasteiger partial charge >= 0.3 is 0 Å². The van der Waals surface area contributed by atoms with Gasteiger partial charge in [0, 0.05) is 35.6 Å². The number of pyridine rings is 1. The first-order chi connectivity index (χ1) is 13.7. The predicted octanol–water partition coefficient (Wildman–Crippen LogP) is 5.65. The number of aryl methyl sites for hydroxylation is 2. The van der Waals surface area contributed by atoms with E-state index >= 15 is 0 Å². The molecule has 0 saturated heterocycles. The second-order valence-corrected chi connectivity index (χ2v) is 7.16. The quantitative estimate of drug-likeness (QED) is 0.402. The molecule has 0 unspecified atom stereocenters. The lowest BCUT2D eigenvalue weighted by Crippen LogP contribution is -2.00. The summed E-state index contributed by atoms with van der Waals surface area (Å²) in [4.78, 5) is 4.56. The Balaban J connectivity index is 1.33.